The average Bonchev–Trinajstić information content (AvgIpc) is 2.30. The molecule has 1 aromatic carbocycles. The summed E-state index contributed by atoms with van der Waals surface area (Å²) in [5, 5.41) is 9.13. The Morgan fingerprint density at radius 1 is 1.40 bits per heavy atom. The third-order valence-corrected chi connectivity index (χ3v) is 3.33. The molecule has 1 aromatic rings. The van der Waals surface area contributed by atoms with Gasteiger partial charge in [0.15, 0.2) is 0 Å². The normalized spacial score (nSPS) is 21.3. The lowest BCUT2D eigenvalue weighted by Crippen LogP contribution is -2.35. The van der Waals surface area contributed by atoms with Gasteiger partial charge in [0.05, 0.1) is 0 Å². The van der Waals surface area contributed by atoms with E-state index in [0.717, 1.165) is 25.9 Å². The molecule has 1 aliphatic rings. The molecule has 0 amide bonds. The first-order valence-corrected chi connectivity index (χ1v) is 5.79. The molecule has 1 heterocycles. The van der Waals surface area contributed by atoms with Crippen LogP contribution in [0.5, 0.6) is 0 Å². The maximum Gasteiger partial charge on any atom is 0.0449 e. The monoisotopic (exact) mass is 205 g/mol. The SMILES string of the molecule is CCN1CCc2ccccc2C1CCO. The van der Waals surface area contributed by atoms with Gasteiger partial charge in [-0.05, 0) is 30.5 Å². The molecule has 0 radical (unpaired) electrons. The number of aliphatic hydroxyl groups is 1. The highest BCUT2D eigenvalue weighted by Gasteiger charge is 2.24. The highest BCUT2D eigenvalue weighted by atomic mass is 16.3. The van der Waals surface area contributed by atoms with Gasteiger partial charge in [0.1, 0.15) is 0 Å². The lowest BCUT2D eigenvalue weighted by atomic mass is 9.91. The van der Waals surface area contributed by atoms with Gasteiger partial charge >= 0.3 is 0 Å². The first kappa shape index (κ1) is 10.7. The fraction of sp³-hybridized carbons (Fsp3) is 0.538. The minimum atomic E-state index is 0.273. The van der Waals surface area contributed by atoms with E-state index in [0.29, 0.717) is 6.04 Å². The van der Waals surface area contributed by atoms with Crippen molar-refractivity contribution < 1.29 is 5.11 Å². The van der Waals surface area contributed by atoms with Crippen LogP contribution >= 0.6 is 0 Å². The zero-order chi connectivity index (χ0) is 10.7. The van der Waals surface area contributed by atoms with E-state index in [9.17, 15) is 0 Å². The van der Waals surface area contributed by atoms with Crippen LogP contribution < -0.4 is 0 Å². The Morgan fingerprint density at radius 2 is 2.20 bits per heavy atom. The molecule has 1 unspecified atom stereocenters. The molecule has 0 saturated carbocycles. The maximum atomic E-state index is 9.13. The van der Waals surface area contributed by atoms with Crippen molar-refractivity contribution >= 4 is 0 Å². The summed E-state index contributed by atoms with van der Waals surface area (Å²) in [6.07, 6.45) is 2.00. The van der Waals surface area contributed by atoms with Crippen molar-refractivity contribution in [1.82, 2.24) is 4.90 Å². The highest BCUT2D eigenvalue weighted by Crippen LogP contribution is 2.31. The molecule has 0 aliphatic carbocycles. The fourth-order valence-electron chi connectivity index (χ4n) is 2.54. The Morgan fingerprint density at radius 3 is 2.93 bits per heavy atom. The largest absolute Gasteiger partial charge is 0.396 e. The van der Waals surface area contributed by atoms with E-state index in [4.69, 9.17) is 5.11 Å². The molecular formula is C13H19NO. The van der Waals surface area contributed by atoms with Gasteiger partial charge in [-0.3, -0.25) is 4.90 Å². The maximum absolute atomic E-state index is 9.13. The van der Waals surface area contributed by atoms with Crippen molar-refractivity contribution in [3.05, 3.63) is 35.4 Å². The van der Waals surface area contributed by atoms with Gasteiger partial charge in [0.2, 0.25) is 0 Å². The van der Waals surface area contributed by atoms with E-state index in [1.165, 1.54) is 11.1 Å². The van der Waals surface area contributed by atoms with Gasteiger partial charge in [0, 0.05) is 19.2 Å². The summed E-state index contributed by atoms with van der Waals surface area (Å²) in [5.74, 6) is 0. The summed E-state index contributed by atoms with van der Waals surface area (Å²) in [6.45, 7) is 4.66. The Labute approximate surface area is 91.5 Å². The molecule has 1 aliphatic heterocycles. The van der Waals surface area contributed by atoms with Crippen LogP contribution in [0.25, 0.3) is 0 Å². The van der Waals surface area contributed by atoms with Crippen molar-refractivity contribution in [3.63, 3.8) is 0 Å². The molecule has 1 N–H and O–H groups in total. The minimum Gasteiger partial charge on any atom is -0.396 e. The van der Waals surface area contributed by atoms with E-state index < -0.39 is 0 Å². The number of hydrogen-bond acceptors (Lipinski definition) is 2. The zero-order valence-corrected chi connectivity index (χ0v) is 9.32. The summed E-state index contributed by atoms with van der Waals surface area (Å²) < 4.78 is 0. The second kappa shape index (κ2) is 4.77. The van der Waals surface area contributed by atoms with E-state index in [-0.39, 0.29) is 6.61 Å². The Bertz CT molecular complexity index is 324. The van der Waals surface area contributed by atoms with Crippen LogP contribution in [0, 0.1) is 0 Å². The molecule has 2 nitrogen and oxygen atoms in total. The molecule has 0 fully saturated rings. The number of nitrogens with zero attached hydrogens (tertiary/aromatic N) is 1. The molecule has 0 spiro atoms. The second-order valence-corrected chi connectivity index (χ2v) is 4.11. The van der Waals surface area contributed by atoms with Gasteiger partial charge in [-0.2, -0.15) is 0 Å². The molecule has 0 bridgehead atoms. The first-order chi connectivity index (χ1) is 7.36. The molecule has 2 heteroatoms. The average molecular weight is 205 g/mol. The van der Waals surface area contributed by atoms with Crippen molar-refractivity contribution in [2.45, 2.75) is 25.8 Å². The van der Waals surface area contributed by atoms with Crippen LogP contribution in [0.4, 0.5) is 0 Å². The summed E-state index contributed by atoms with van der Waals surface area (Å²) >= 11 is 0. The number of fused-ring (bicyclic) bond motifs is 1. The van der Waals surface area contributed by atoms with Crippen LogP contribution in [-0.4, -0.2) is 29.7 Å². The fourth-order valence-corrected chi connectivity index (χ4v) is 2.54. The van der Waals surface area contributed by atoms with Crippen molar-refractivity contribution in [3.8, 4) is 0 Å². The summed E-state index contributed by atoms with van der Waals surface area (Å²) in [7, 11) is 0. The summed E-state index contributed by atoms with van der Waals surface area (Å²) in [5.41, 5.74) is 2.88. The summed E-state index contributed by atoms with van der Waals surface area (Å²) in [6, 6.07) is 9.05. The first-order valence-electron chi connectivity index (χ1n) is 5.79. The molecule has 82 valence electrons. The van der Waals surface area contributed by atoms with Crippen LogP contribution in [0.2, 0.25) is 0 Å². The molecular weight excluding hydrogens is 186 g/mol. The molecule has 0 saturated heterocycles. The highest BCUT2D eigenvalue weighted by molar-refractivity contribution is 5.32. The van der Waals surface area contributed by atoms with Gasteiger partial charge in [-0.25, -0.2) is 0 Å². The number of likely N-dealkylation sites (N-methyl/N-ethyl adjacent to an activating group) is 1. The third kappa shape index (κ3) is 2.06. The lowest BCUT2D eigenvalue weighted by Gasteiger charge is -2.36. The predicted molar refractivity (Wildman–Crippen MR) is 61.8 cm³/mol. The quantitative estimate of drug-likeness (QED) is 0.815. The third-order valence-electron chi connectivity index (χ3n) is 3.33. The van der Waals surface area contributed by atoms with Crippen LogP contribution in [0.1, 0.15) is 30.5 Å². The van der Waals surface area contributed by atoms with Gasteiger partial charge in [0.25, 0.3) is 0 Å². The predicted octanol–water partition coefficient (Wildman–Crippen LogP) is 1.99. The van der Waals surface area contributed by atoms with Gasteiger partial charge in [-0.1, -0.05) is 31.2 Å². The number of rotatable bonds is 3. The van der Waals surface area contributed by atoms with Crippen LogP contribution in [-0.2, 0) is 6.42 Å². The Hall–Kier alpha value is -0.860. The molecule has 15 heavy (non-hydrogen) atoms. The van der Waals surface area contributed by atoms with E-state index in [1.807, 2.05) is 0 Å². The van der Waals surface area contributed by atoms with Gasteiger partial charge < -0.3 is 5.11 Å². The number of benzene rings is 1. The van der Waals surface area contributed by atoms with E-state index in [1.54, 1.807) is 0 Å². The number of hydrogen-bond donors (Lipinski definition) is 1. The second-order valence-electron chi connectivity index (χ2n) is 4.11. The van der Waals surface area contributed by atoms with Crippen molar-refractivity contribution in [1.29, 1.82) is 0 Å². The lowest BCUT2D eigenvalue weighted by molar-refractivity contribution is 0.154. The van der Waals surface area contributed by atoms with Crippen molar-refractivity contribution in [2.75, 3.05) is 19.7 Å². The molecule has 0 aromatic heterocycles. The smallest absolute Gasteiger partial charge is 0.0449 e. The van der Waals surface area contributed by atoms with E-state index in [2.05, 4.69) is 36.1 Å². The molecule has 2 rings (SSSR count). The summed E-state index contributed by atoms with van der Waals surface area (Å²) in [4.78, 5) is 2.46. The Balaban J connectivity index is 2.29. The molecule has 1 atom stereocenters. The minimum absolute atomic E-state index is 0.273. The standard InChI is InChI=1S/C13H19NO/c1-2-14-9-7-11-5-3-4-6-12(11)13(14)8-10-15/h3-6,13,15H,2,7-10H2,1H3. The van der Waals surface area contributed by atoms with Crippen molar-refractivity contribution in [2.24, 2.45) is 0 Å². The Kier molecular flexibility index (Phi) is 3.39. The van der Waals surface area contributed by atoms with Crippen LogP contribution in [0.15, 0.2) is 24.3 Å². The van der Waals surface area contributed by atoms with Gasteiger partial charge in [-0.15, -0.1) is 0 Å². The topological polar surface area (TPSA) is 23.5 Å². The zero-order valence-electron chi connectivity index (χ0n) is 9.32. The van der Waals surface area contributed by atoms with E-state index >= 15 is 0 Å². The van der Waals surface area contributed by atoms with Crippen LogP contribution in [0.3, 0.4) is 0 Å². The number of aliphatic hydroxyl groups excluding tert-OH is 1.